The van der Waals surface area contributed by atoms with Gasteiger partial charge in [-0.25, -0.2) is 13.1 Å². The van der Waals surface area contributed by atoms with Crippen molar-refractivity contribution in [1.82, 2.24) is 4.72 Å². The van der Waals surface area contributed by atoms with Crippen molar-refractivity contribution in [2.45, 2.75) is 11.3 Å². The van der Waals surface area contributed by atoms with E-state index in [9.17, 15) is 18.5 Å². The van der Waals surface area contributed by atoms with Crippen LogP contribution in [0.5, 0.6) is 0 Å². The van der Waals surface area contributed by atoms with Crippen molar-refractivity contribution in [3.63, 3.8) is 0 Å². The largest absolute Gasteiger partial charge is 0.269 e. The average Bonchev–Trinajstić information content (AvgIpc) is 2.92. The van der Waals surface area contributed by atoms with E-state index in [4.69, 9.17) is 0 Å². The first kappa shape index (κ1) is 14.6. The van der Waals surface area contributed by atoms with E-state index >= 15 is 0 Å². The lowest BCUT2D eigenvalue weighted by Crippen LogP contribution is -2.25. The summed E-state index contributed by atoms with van der Waals surface area (Å²) in [5, 5.41) is 12.4. The molecule has 0 aliphatic rings. The number of non-ortho nitro benzene ring substituents is 1. The predicted octanol–water partition coefficient (Wildman–Crippen LogP) is 2.18. The van der Waals surface area contributed by atoms with E-state index in [0.29, 0.717) is 13.0 Å². The Labute approximate surface area is 120 Å². The van der Waals surface area contributed by atoms with Crippen molar-refractivity contribution in [3.05, 3.63) is 56.8 Å². The van der Waals surface area contributed by atoms with Crippen molar-refractivity contribution >= 4 is 27.0 Å². The van der Waals surface area contributed by atoms with Gasteiger partial charge in [0.2, 0.25) is 10.0 Å². The van der Waals surface area contributed by atoms with Crippen LogP contribution in [0.1, 0.15) is 4.88 Å². The number of benzene rings is 1. The number of rotatable bonds is 6. The highest BCUT2D eigenvalue weighted by molar-refractivity contribution is 7.89. The Morgan fingerprint density at radius 1 is 1.20 bits per heavy atom. The highest BCUT2D eigenvalue weighted by atomic mass is 32.2. The Morgan fingerprint density at radius 2 is 1.90 bits per heavy atom. The number of nitrogens with one attached hydrogen (secondary N) is 1. The maximum absolute atomic E-state index is 12.0. The highest BCUT2D eigenvalue weighted by Crippen LogP contribution is 2.15. The van der Waals surface area contributed by atoms with Crippen molar-refractivity contribution < 1.29 is 13.3 Å². The Bertz CT molecular complexity index is 679. The molecule has 0 atom stereocenters. The first-order valence-corrected chi connectivity index (χ1v) is 8.12. The Morgan fingerprint density at radius 3 is 2.45 bits per heavy atom. The maximum atomic E-state index is 12.0. The molecule has 8 heteroatoms. The van der Waals surface area contributed by atoms with Crippen LogP contribution in [-0.2, 0) is 16.4 Å². The van der Waals surface area contributed by atoms with Crippen molar-refractivity contribution in [2.24, 2.45) is 0 Å². The molecule has 2 rings (SSSR count). The Hall–Kier alpha value is -1.77. The summed E-state index contributed by atoms with van der Waals surface area (Å²) >= 11 is 1.56. The van der Waals surface area contributed by atoms with Crippen LogP contribution in [-0.4, -0.2) is 19.9 Å². The van der Waals surface area contributed by atoms with Gasteiger partial charge in [0.25, 0.3) is 5.69 Å². The molecule has 0 saturated heterocycles. The molecule has 1 heterocycles. The number of hydrogen-bond donors (Lipinski definition) is 1. The molecule has 0 spiro atoms. The number of nitro groups is 1. The minimum Gasteiger partial charge on any atom is -0.258 e. The van der Waals surface area contributed by atoms with Crippen LogP contribution >= 0.6 is 11.3 Å². The molecule has 1 N–H and O–H groups in total. The fraction of sp³-hybridized carbons (Fsp3) is 0.167. The van der Waals surface area contributed by atoms with E-state index in [2.05, 4.69) is 4.72 Å². The van der Waals surface area contributed by atoms with Gasteiger partial charge in [0.15, 0.2) is 0 Å². The second-order valence-electron chi connectivity index (χ2n) is 3.98. The molecule has 0 bridgehead atoms. The highest BCUT2D eigenvalue weighted by Gasteiger charge is 2.15. The van der Waals surface area contributed by atoms with Gasteiger partial charge >= 0.3 is 0 Å². The number of nitro benzene ring substituents is 1. The molecule has 0 amide bonds. The van der Waals surface area contributed by atoms with Crippen molar-refractivity contribution in [1.29, 1.82) is 0 Å². The predicted molar refractivity (Wildman–Crippen MR) is 76.3 cm³/mol. The molecular weight excluding hydrogens is 300 g/mol. The van der Waals surface area contributed by atoms with Crippen LogP contribution < -0.4 is 4.72 Å². The van der Waals surface area contributed by atoms with Crippen molar-refractivity contribution in [3.8, 4) is 0 Å². The summed E-state index contributed by atoms with van der Waals surface area (Å²) in [5.74, 6) is 0. The van der Waals surface area contributed by atoms with Crippen LogP contribution in [0.15, 0.2) is 46.7 Å². The Kier molecular flexibility index (Phi) is 4.48. The van der Waals surface area contributed by atoms with Crippen LogP contribution in [0, 0.1) is 10.1 Å². The van der Waals surface area contributed by atoms with Crippen LogP contribution in [0.3, 0.4) is 0 Å². The van der Waals surface area contributed by atoms with E-state index in [1.807, 2.05) is 17.5 Å². The third-order valence-electron chi connectivity index (χ3n) is 2.60. The van der Waals surface area contributed by atoms with Crippen LogP contribution in [0.4, 0.5) is 5.69 Å². The zero-order valence-electron chi connectivity index (χ0n) is 10.4. The molecule has 20 heavy (non-hydrogen) atoms. The number of sulfonamides is 1. The summed E-state index contributed by atoms with van der Waals surface area (Å²) in [6.07, 6.45) is 0.615. The first-order chi connectivity index (χ1) is 9.49. The molecule has 2 aromatic rings. The van der Waals surface area contributed by atoms with Gasteiger partial charge in [-0.2, -0.15) is 0 Å². The second kappa shape index (κ2) is 6.12. The molecule has 0 fully saturated rings. The zero-order valence-corrected chi connectivity index (χ0v) is 12.0. The third kappa shape index (κ3) is 3.62. The smallest absolute Gasteiger partial charge is 0.258 e. The van der Waals surface area contributed by atoms with Gasteiger partial charge in [-0.3, -0.25) is 10.1 Å². The van der Waals surface area contributed by atoms with Crippen LogP contribution in [0.2, 0.25) is 0 Å². The van der Waals surface area contributed by atoms with Gasteiger partial charge in [-0.15, -0.1) is 11.3 Å². The Balaban J connectivity index is 2.00. The lowest BCUT2D eigenvalue weighted by molar-refractivity contribution is -0.384. The molecule has 0 aliphatic carbocycles. The molecule has 1 aromatic carbocycles. The molecular formula is C12H12N2O4S2. The van der Waals surface area contributed by atoms with E-state index in [1.54, 1.807) is 11.3 Å². The maximum Gasteiger partial charge on any atom is 0.269 e. The minimum absolute atomic E-state index is 0.0225. The second-order valence-corrected chi connectivity index (χ2v) is 6.78. The summed E-state index contributed by atoms with van der Waals surface area (Å²) in [6.45, 7) is 0.292. The van der Waals surface area contributed by atoms with E-state index in [-0.39, 0.29) is 10.6 Å². The quantitative estimate of drug-likeness (QED) is 0.654. The first-order valence-electron chi connectivity index (χ1n) is 5.75. The number of thiophene rings is 1. The zero-order chi connectivity index (χ0) is 14.6. The average molecular weight is 312 g/mol. The standard InChI is InChI=1S/C12H12N2O4S2/c15-14(16)10-3-5-12(6-4-10)20(17,18)13-8-7-11-2-1-9-19-11/h1-6,9,13H,7-8H2. The SMILES string of the molecule is O=[N+]([O-])c1ccc(S(=O)(=O)NCCc2cccs2)cc1. The summed E-state index contributed by atoms with van der Waals surface area (Å²) in [7, 11) is -3.62. The fourth-order valence-corrected chi connectivity index (χ4v) is 3.33. The van der Waals surface area contributed by atoms with E-state index in [1.165, 1.54) is 24.3 Å². The molecule has 0 saturated carbocycles. The fourth-order valence-electron chi connectivity index (χ4n) is 1.59. The molecule has 1 aromatic heterocycles. The normalized spacial score (nSPS) is 11.4. The van der Waals surface area contributed by atoms with E-state index in [0.717, 1.165) is 4.88 Å². The minimum atomic E-state index is -3.62. The van der Waals surface area contributed by atoms with Gasteiger partial charge in [-0.05, 0) is 30.0 Å². The van der Waals surface area contributed by atoms with Gasteiger partial charge in [0, 0.05) is 23.6 Å². The van der Waals surface area contributed by atoms with Gasteiger partial charge < -0.3 is 0 Å². The number of hydrogen-bond acceptors (Lipinski definition) is 5. The van der Waals surface area contributed by atoms with Gasteiger partial charge in [-0.1, -0.05) is 6.07 Å². The monoisotopic (exact) mass is 312 g/mol. The van der Waals surface area contributed by atoms with Gasteiger partial charge in [0.05, 0.1) is 9.82 Å². The van der Waals surface area contributed by atoms with E-state index < -0.39 is 14.9 Å². The van der Waals surface area contributed by atoms with Crippen molar-refractivity contribution in [2.75, 3.05) is 6.54 Å². The summed E-state index contributed by atoms with van der Waals surface area (Å²) in [5.41, 5.74) is -0.137. The lowest BCUT2D eigenvalue weighted by atomic mass is 10.3. The lowest BCUT2D eigenvalue weighted by Gasteiger charge is -2.05. The number of nitrogens with zero attached hydrogens (tertiary/aromatic N) is 1. The summed E-state index contributed by atoms with van der Waals surface area (Å²) in [6, 6.07) is 8.65. The third-order valence-corrected chi connectivity index (χ3v) is 5.01. The molecule has 0 radical (unpaired) electrons. The van der Waals surface area contributed by atoms with Crippen LogP contribution in [0.25, 0.3) is 0 Å². The van der Waals surface area contributed by atoms with Gasteiger partial charge in [0.1, 0.15) is 0 Å². The topological polar surface area (TPSA) is 89.3 Å². The molecule has 0 unspecified atom stereocenters. The summed E-state index contributed by atoms with van der Waals surface area (Å²) in [4.78, 5) is 11.1. The molecule has 106 valence electrons. The molecule has 6 nitrogen and oxygen atoms in total. The summed E-state index contributed by atoms with van der Waals surface area (Å²) < 4.78 is 26.4. The molecule has 0 aliphatic heterocycles.